The van der Waals surface area contributed by atoms with Gasteiger partial charge in [-0.15, -0.1) is 0 Å². The Kier molecular flexibility index (Phi) is 8.58. The number of anilines is 1. The lowest BCUT2D eigenvalue weighted by molar-refractivity contribution is -0.125. The van der Waals surface area contributed by atoms with Crippen LogP contribution < -0.4 is 15.4 Å². The molecule has 2 aromatic carbocycles. The molecule has 0 bridgehead atoms. The van der Waals surface area contributed by atoms with Gasteiger partial charge < -0.3 is 10.1 Å². The van der Waals surface area contributed by atoms with Crippen molar-refractivity contribution in [2.45, 2.75) is 37.7 Å². The number of hydrogen-bond donors (Lipinski definition) is 2. The summed E-state index contributed by atoms with van der Waals surface area (Å²) in [7, 11) is -3.53. The number of sulfonamides is 1. The molecule has 3 rings (SSSR count). The van der Waals surface area contributed by atoms with E-state index in [1.807, 2.05) is 0 Å². The summed E-state index contributed by atoms with van der Waals surface area (Å²) in [6.07, 6.45) is 0.849. The predicted octanol–water partition coefficient (Wildman–Crippen LogP) is 4.69. The molecule has 1 saturated heterocycles. The van der Waals surface area contributed by atoms with Gasteiger partial charge in [0, 0.05) is 23.8 Å². The molecule has 1 amide bonds. The van der Waals surface area contributed by atoms with Crippen molar-refractivity contribution in [2.24, 2.45) is 5.92 Å². The maximum absolute atomic E-state index is 12.8. The third-order valence-electron chi connectivity index (χ3n) is 5.30. The second-order valence-electron chi connectivity index (χ2n) is 7.89. The third kappa shape index (κ3) is 6.80. The van der Waals surface area contributed by atoms with E-state index in [0.717, 1.165) is 12.8 Å². The number of carbonyl (C=O) groups is 1. The van der Waals surface area contributed by atoms with Gasteiger partial charge >= 0.3 is 0 Å². The summed E-state index contributed by atoms with van der Waals surface area (Å²) in [6, 6.07) is 10.9. The average molecular weight is 530 g/mol. The van der Waals surface area contributed by atoms with Gasteiger partial charge in [0.05, 0.1) is 9.92 Å². The summed E-state index contributed by atoms with van der Waals surface area (Å²) in [5.41, 5.74) is 0.542. The summed E-state index contributed by atoms with van der Waals surface area (Å²) in [5.74, 6) is 0.384. The third-order valence-corrected chi connectivity index (χ3v) is 7.94. The van der Waals surface area contributed by atoms with Crippen LogP contribution >= 0.6 is 35.4 Å². The Bertz CT molecular complexity index is 1120. The lowest BCUT2D eigenvalue weighted by Gasteiger charge is -2.29. The number of rotatable bonds is 6. The Morgan fingerprint density at radius 3 is 2.39 bits per heavy atom. The highest BCUT2D eigenvalue weighted by Gasteiger charge is 2.28. The smallest absolute Gasteiger partial charge is 0.266 e. The molecule has 2 N–H and O–H groups in total. The number of ether oxygens (including phenoxy) is 1. The molecule has 1 heterocycles. The van der Waals surface area contributed by atoms with E-state index >= 15 is 0 Å². The minimum atomic E-state index is -3.53. The zero-order valence-electron chi connectivity index (χ0n) is 18.2. The Labute approximate surface area is 209 Å². The highest BCUT2D eigenvalue weighted by molar-refractivity contribution is 7.89. The number of halogens is 2. The van der Waals surface area contributed by atoms with Gasteiger partial charge in [-0.2, -0.15) is 4.31 Å². The van der Waals surface area contributed by atoms with Crippen molar-refractivity contribution < 1.29 is 17.9 Å². The second kappa shape index (κ2) is 11.0. The maximum atomic E-state index is 12.8. The molecule has 1 aliphatic rings. The van der Waals surface area contributed by atoms with Crippen molar-refractivity contribution in [2.75, 3.05) is 18.4 Å². The van der Waals surface area contributed by atoms with E-state index in [0.29, 0.717) is 35.5 Å². The first kappa shape index (κ1) is 25.7. The van der Waals surface area contributed by atoms with Gasteiger partial charge in [0.25, 0.3) is 5.91 Å². The van der Waals surface area contributed by atoms with E-state index in [-0.39, 0.29) is 15.0 Å². The molecule has 2 aromatic rings. The van der Waals surface area contributed by atoms with Gasteiger partial charge in [0.15, 0.2) is 11.2 Å². The van der Waals surface area contributed by atoms with Crippen molar-refractivity contribution >= 4 is 62.2 Å². The molecule has 33 heavy (non-hydrogen) atoms. The first-order chi connectivity index (χ1) is 15.6. The number of hydrogen-bond acceptors (Lipinski definition) is 5. The fraction of sp³-hybridized carbons (Fsp3) is 0.364. The fourth-order valence-corrected chi connectivity index (χ4v) is 5.42. The number of thiocarbonyl (C=S) groups is 1. The Balaban J connectivity index is 1.55. The Morgan fingerprint density at radius 1 is 1.15 bits per heavy atom. The van der Waals surface area contributed by atoms with Crippen LogP contribution in [0.4, 0.5) is 5.69 Å². The fourth-order valence-electron chi connectivity index (χ4n) is 3.28. The van der Waals surface area contributed by atoms with Gasteiger partial charge in [0.1, 0.15) is 5.75 Å². The topological polar surface area (TPSA) is 87.7 Å². The quantitative estimate of drug-likeness (QED) is 0.527. The van der Waals surface area contributed by atoms with Gasteiger partial charge in [0.2, 0.25) is 10.0 Å². The number of carbonyl (C=O) groups excluding carboxylic acids is 1. The molecule has 1 fully saturated rings. The van der Waals surface area contributed by atoms with Crippen LogP contribution in [-0.4, -0.2) is 42.9 Å². The van der Waals surface area contributed by atoms with Crippen molar-refractivity contribution in [3.05, 3.63) is 52.5 Å². The standard InChI is InChI=1S/C22H25Cl2N3O4S2/c1-14-9-11-27(12-10-14)33(29,30)18-6-4-17(5-7-18)25-22(32)26-21(28)15(2)31-20-8-3-16(23)13-19(20)24/h3-8,13-15H,9-12H2,1-2H3,(H2,25,26,28,32). The first-order valence-corrected chi connectivity index (χ1v) is 13.0. The summed E-state index contributed by atoms with van der Waals surface area (Å²) in [6.45, 7) is 4.75. The molecule has 0 spiro atoms. The predicted molar refractivity (Wildman–Crippen MR) is 135 cm³/mol. The van der Waals surface area contributed by atoms with Crippen LogP contribution in [0.5, 0.6) is 5.75 Å². The maximum Gasteiger partial charge on any atom is 0.266 e. The van der Waals surface area contributed by atoms with Gasteiger partial charge in [-0.3, -0.25) is 10.1 Å². The summed E-state index contributed by atoms with van der Waals surface area (Å²) >= 11 is 17.1. The Hall–Kier alpha value is -1.91. The van der Waals surface area contributed by atoms with Crippen molar-refractivity contribution in [3.8, 4) is 5.75 Å². The van der Waals surface area contributed by atoms with Crippen LogP contribution in [0.25, 0.3) is 0 Å². The van der Waals surface area contributed by atoms with Crippen LogP contribution in [0.2, 0.25) is 10.0 Å². The zero-order chi connectivity index (χ0) is 24.2. The van der Waals surface area contributed by atoms with Gasteiger partial charge in [-0.05, 0) is 80.4 Å². The van der Waals surface area contributed by atoms with E-state index in [2.05, 4.69) is 17.6 Å². The van der Waals surface area contributed by atoms with E-state index in [9.17, 15) is 13.2 Å². The molecule has 178 valence electrons. The highest BCUT2D eigenvalue weighted by atomic mass is 35.5. The van der Waals surface area contributed by atoms with Crippen LogP contribution in [0.15, 0.2) is 47.4 Å². The normalized spacial score (nSPS) is 16.1. The van der Waals surface area contributed by atoms with Crippen LogP contribution in [0.1, 0.15) is 26.7 Å². The lowest BCUT2D eigenvalue weighted by atomic mass is 10.0. The van der Waals surface area contributed by atoms with Crippen molar-refractivity contribution in [3.63, 3.8) is 0 Å². The molecular formula is C22H25Cl2N3O4S2. The lowest BCUT2D eigenvalue weighted by Crippen LogP contribution is -2.42. The van der Waals surface area contributed by atoms with Crippen LogP contribution in [0, 0.1) is 5.92 Å². The molecular weight excluding hydrogens is 505 g/mol. The van der Waals surface area contributed by atoms with Gasteiger partial charge in [-0.1, -0.05) is 30.1 Å². The van der Waals surface area contributed by atoms with E-state index in [1.165, 1.54) is 22.5 Å². The van der Waals surface area contributed by atoms with Crippen LogP contribution in [0.3, 0.4) is 0 Å². The largest absolute Gasteiger partial charge is 0.479 e. The SMILES string of the molecule is CC1CCN(S(=O)(=O)c2ccc(NC(=S)NC(=O)C(C)Oc3ccc(Cl)cc3Cl)cc2)CC1. The zero-order valence-corrected chi connectivity index (χ0v) is 21.3. The summed E-state index contributed by atoms with van der Waals surface area (Å²) < 4.78 is 32.8. The van der Waals surface area contributed by atoms with Gasteiger partial charge in [-0.25, -0.2) is 8.42 Å². The summed E-state index contributed by atoms with van der Waals surface area (Å²) in [5, 5.41) is 6.21. The molecule has 11 heteroatoms. The first-order valence-electron chi connectivity index (χ1n) is 10.4. The second-order valence-corrected chi connectivity index (χ2v) is 11.1. The number of nitrogens with zero attached hydrogens (tertiary/aromatic N) is 1. The number of benzene rings is 2. The van der Waals surface area contributed by atoms with E-state index < -0.39 is 22.0 Å². The number of nitrogens with one attached hydrogen (secondary N) is 2. The molecule has 0 aromatic heterocycles. The van der Waals surface area contributed by atoms with Crippen molar-refractivity contribution in [1.29, 1.82) is 0 Å². The number of amides is 1. The minimum absolute atomic E-state index is 0.0540. The van der Waals surface area contributed by atoms with Crippen molar-refractivity contribution in [1.82, 2.24) is 9.62 Å². The average Bonchev–Trinajstić information content (AvgIpc) is 2.76. The molecule has 1 atom stereocenters. The van der Waals surface area contributed by atoms with E-state index in [1.54, 1.807) is 31.2 Å². The molecule has 0 radical (unpaired) electrons. The summed E-state index contributed by atoms with van der Waals surface area (Å²) in [4.78, 5) is 12.6. The molecule has 0 aliphatic carbocycles. The number of piperidine rings is 1. The monoisotopic (exact) mass is 529 g/mol. The molecule has 1 unspecified atom stereocenters. The highest BCUT2D eigenvalue weighted by Crippen LogP contribution is 2.28. The Morgan fingerprint density at radius 2 is 1.79 bits per heavy atom. The van der Waals surface area contributed by atoms with E-state index in [4.69, 9.17) is 40.2 Å². The van der Waals surface area contributed by atoms with Crippen LogP contribution in [-0.2, 0) is 14.8 Å². The molecule has 7 nitrogen and oxygen atoms in total. The molecule has 0 saturated carbocycles. The molecule has 1 aliphatic heterocycles. The minimum Gasteiger partial charge on any atom is -0.479 e.